The first-order valence-electron chi connectivity index (χ1n) is 4.95. The van der Waals surface area contributed by atoms with Gasteiger partial charge in [-0.25, -0.2) is 0 Å². The van der Waals surface area contributed by atoms with Crippen molar-refractivity contribution in [3.8, 4) is 5.75 Å². The van der Waals surface area contributed by atoms with E-state index in [0.717, 1.165) is 11.3 Å². The zero-order valence-corrected chi connectivity index (χ0v) is 9.66. The van der Waals surface area contributed by atoms with E-state index >= 15 is 0 Å². The molecule has 0 saturated carbocycles. The van der Waals surface area contributed by atoms with Gasteiger partial charge in [-0.3, -0.25) is 10.1 Å². The van der Waals surface area contributed by atoms with Gasteiger partial charge in [-0.15, -0.1) is 11.8 Å². The van der Waals surface area contributed by atoms with Crippen LogP contribution < -0.4 is 10.1 Å². The molecule has 0 radical (unpaired) electrons. The second-order valence-corrected chi connectivity index (χ2v) is 4.68. The Morgan fingerprint density at radius 1 is 1.50 bits per heavy atom. The third kappa shape index (κ3) is 2.31. The molecule has 4 nitrogen and oxygen atoms in total. The number of hydrogen-bond donors (Lipinski definition) is 2. The molecule has 0 amide bonds. The van der Waals surface area contributed by atoms with Crippen LogP contribution in [0.15, 0.2) is 24.3 Å². The standard InChI is InChI=1S/C11H13NO3S/c1-15-8-4-2-7(3-5-8)10-12-9(6-16-10)11(13)14/h2-5,9-10,12H,6H2,1H3,(H,13,14)/t9-,10?/m0/s1. The van der Waals surface area contributed by atoms with Crippen molar-refractivity contribution in [3.63, 3.8) is 0 Å². The highest BCUT2D eigenvalue weighted by atomic mass is 32.2. The highest BCUT2D eigenvalue weighted by molar-refractivity contribution is 7.99. The van der Waals surface area contributed by atoms with Gasteiger partial charge in [0.15, 0.2) is 0 Å². The number of carboxylic acids is 1. The number of ether oxygens (including phenoxy) is 1. The van der Waals surface area contributed by atoms with Gasteiger partial charge in [-0.05, 0) is 17.7 Å². The van der Waals surface area contributed by atoms with Crippen LogP contribution in [0.5, 0.6) is 5.75 Å². The largest absolute Gasteiger partial charge is 0.497 e. The Balaban J connectivity index is 2.05. The molecule has 2 rings (SSSR count). The monoisotopic (exact) mass is 239 g/mol. The quantitative estimate of drug-likeness (QED) is 0.836. The van der Waals surface area contributed by atoms with Crippen molar-refractivity contribution in [3.05, 3.63) is 29.8 Å². The summed E-state index contributed by atoms with van der Waals surface area (Å²) in [7, 11) is 1.62. The molecule has 2 N–H and O–H groups in total. The third-order valence-electron chi connectivity index (χ3n) is 2.50. The molecule has 1 unspecified atom stereocenters. The van der Waals surface area contributed by atoms with Crippen LogP contribution >= 0.6 is 11.8 Å². The molecule has 1 fully saturated rings. The lowest BCUT2D eigenvalue weighted by Gasteiger charge is -2.11. The summed E-state index contributed by atoms with van der Waals surface area (Å²) in [5.74, 6) is 0.622. The zero-order valence-electron chi connectivity index (χ0n) is 8.84. The summed E-state index contributed by atoms with van der Waals surface area (Å²) in [4.78, 5) is 10.8. The highest BCUT2D eigenvalue weighted by Gasteiger charge is 2.30. The van der Waals surface area contributed by atoms with Crippen LogP contribution in [-0.2, 0) is 4.79 Å². The predicted octanol–water partition coefficient (Wildman–Crippen LogP) is 1.48. The fourth-order valence-corrected chi connectivity index (χ4v) is 2.82. The number of carboxylic acid groups (broad SMARTS) is 1. The lowest BCUT2D eigenvalue weighted by atomic mass is 10.2. The third-order valence-corrected chi connectivity index (χ3v) is 3.77. The highest BCUT2D eigenvalue weighted by Crippen LogP contribution is 2.33. The fourth-order valence-electron chi connectivity index (χ4n) is 1.59. The molecule has 0 spiro atoms. The minimum absolute atomic E-state index is 0.0620. The molecule has 1 saturated heterocycles. The molecule has 0 aliphatic carbocycles. The van der Waals surface area contributed by atoms with Gasteiger partial charge in [-0.2, -0.15) is 0 Å². The van der Waals surface area contributed by atoms with Crippen molar-refractivity contribution in [1.29, 1.82) is 0 Å². The molecule has 1 heterocycles. The maximum absolute atomic E-state index is 10.8. The van der Waals surface area contributed by atoms with Crippen molar-refractivity contribution in [1.82, 2.24) is 5.32 Å². The molecule has 16 heavy (non-hydrogen) atoms. The molecule has 0 bridgehead atoms. The molecular weight excluding hydrogens is 226 g/mol. The Kier molecular flexibility index (Phi) is 3.36. The number of methoxy groups -OCH3 is 1. The van der Waals surface area contributed by atoms with E-state index in [4.69, 9.17) is 9.84 Å². The minimum Gasteiger partial charge on any atom is -0.497 e. The summed E-state index contributed by atoms with van der Waals surface area (Å²) in [6.07, 6.45) is 0. The Morgan fingerprint density at radius 2 is 2.19 bits per heavy atom. The Labute approximate surface area is 98.0 Å². The summed E-state index contributed by atoms with van der Waals surface area (Å²) in [5.41, 5.74) is 1.08. The molecule has 86 valence electrons. The number of benzene rings is 1. The molecule has 0 aromatic heterocycles. The van der Waals surface area contributed by atoms with E-state index in [-0.39, 0.29) is 5.37 Å². The molecule has 1 aliphatic rings. The molecule has 1 aromatic carbocycles. The van der Waals surface area contributed by atoms with Gasteiger partial charge in [0.1, 0.15) is 11.8 Å². The van der Waals surface area contributed by atoms with E-state index in [9.17, 15) is 4.79 Å². The lowest BCUT2D eigenvalue weighted by molar-refractivity contribution is -0.138. The van der Waals surface area contributed by atoms with E-state index in [0.29, 0.717) is 5.75 Å². The molecule has 1 aromatic rings. The van der Waals surface area contributed by atoms with Gasteiger partial charge in [0.2, 0.25) is 0 Å². The summed E-state index contributed by atoms with van der Waals surface area (Å²) in [6.45, 7) is 0. The maximum atomic E-state index is 10.8. The van der Waals surface area contributed by atoms with Crippen LogP contribution in [-0.4, -0.2) is 30.0 Å². The van der Waals surface area contributed by atoms with Crippen LogP contribution in [0.1, 0.15) is 10.9 Å². The number of thioether (sulfide) groups is 1. The Morgan fingerprint density at radius 3 is 2.69 bits per heavy atom. The molecular formula is C11H13NO3S. The summed E-state index contributed by atoms with van der Waals surface area (Å²) >= 11 is 1.61. The second kappa shape index (κ2) is 4.76. The van der Waals surface area contributed by atoms with Gasteiger partial charge in [-0.1, -0.05) is 12.1 Å². The van der Waals surface area contributed by atoms with Crippen molar-refractivity contribution >= 4 is 17.7 Å². The number of carbonyl (C=O) groups is 1. The minimum atomic E-state index is -0.788. The van der Waals surface area contributed by atoms with Gasteiger partial charge in [0.05, 0.1) is 12.5 Å². The normalized spacial score (nSPS) is 24.3. The average molecular weight is 239 g/mol. The van der Waals surface area contributed by atoms with Gasteiger partial charge in [0, 0.05) is 5.75 Å². The molecule has 5 heteroatoms. The van der Waals surface area contributed by atoms with Crippen molar-refractivity contribution in [2.45, 2.75) is 11.4 Å². The smallest absolute Gasteiger partial charge is 0.321 e. The zero-order chi connectivity index (χ0) is 11.5. The van der Waals surface area contributed by atoms with Crippen molar-refractivity contribution < 1.29 is 14.6 Å². The van der Waals surface area contributed by atoms with Crippen LogP contribution in [0.3, 0.4) is 0 Å². The van der Waals surface area contributed by atoms with Crippen molar-refractivity contribution in [2.75, 3.05) is 12.9 Å². The van der Waals surface area contributed by atoms with Crippen LogP contribution in [0.25, 0.3) is 0 Å². The number of hydrogen-bond acceptors (Lipinski definition) is 4. The maximum Gasteiger partial charge on any atom is 0.321 e. The van der Waals surface area contributed by atoms with E-state index < -0.39 is 12.0 Å². The second-order valence-electron chi connectivity index (χ2n) is 3.54. The SMILES string of the molecule is COc1ccc(C2N[C@H](C(=O)O)CS2)cc1. The first-order chi connectivity index (χ1) is 7.70. The molecule has 1 aliphatic heterocycles. The average Bonchev–Trinajstić information content (AvgIpc) is 2.78. The van der Waals surface area contributed by atoms with Gasteiger partial charge in [0.25, 0.3) is 0 Å². The first kappa shape index (κ1) is 11.3. The van der Waals surface area contributed by atoms with E-state index in [2.05, 4.69) is 5.32 Å². The first-order valence-corrected chi connectivity index (χ1v) is 6.00. The van der Waals surface area contributed by atoms with Crippen LogP contribution in [0.2, 0.25) is 0 Å². The Hall–Kier alpha value is -1.20. The van der Waals surface area contributed by atoms with Gasteiger partial charge < -0.3 is 9.84 Å². The number of nitrogens with one attached hydrogen (secondary N) is 1. The van der Waals surface area contributed by atoms with Crippen LogP contribution in [0, 0.1) is 0 Å². The topological polar surface area (TPSA) is 58.6 Å². The Bertz CT molecular complexity index is 379. The van der Waals surface area contributed by atoms with Gasteiger partial charge >= 0.3 is 5.97 Å². The predicted molar refractivity (Wildman–Crippen MR) is 62.8 cm³/mol. The van der Waals surface area contributed by atoms with E-state index in [1.165, 1.54) is 0 Å². The fraction of sp³-hybridized carbons (Fsp3) is 0.364. The van der Waals surface area contributed by atoms with E-state index in [1.807, 2.05) is 24.3 Å². The van der Waals surface area contributed by atoms with Crippen LogP contribution in [0.4, 0.5) is 0 Å². The van der Waals surface area contributed by atoms with E-state index in [1.54, 1.807) is 18.9 Å². The van der Waals surface area contributed by atoms with Crippen molar-refractivity contribution in [2.24, 2.45) is 0 Å². The summed E-state index contributed by atoms with van der Waals surface area (Å²) in [5, 5.41) is 12.0. The summed E-state index contributed by atoms with van der Waals surface area (Å²) < 4.78 is 5.07. The number of rotatable bonds is 3. The number of aliphatic carboxylic acids is 1. The lowest BCUT2D eigenvalue weighted by Crippen LogP contribution is -2.33. The molecule has 2 atom stereocenters. The summed E-state index contributed by atoms with van der Waals surface area (Å²) in [6, 6.07) is 7.22.